The van der Waals surface area contributed by atoms with Gasteiger partial charge in [0.2, 0.25) is 0 Å². The average Bonchev–Trinajstić information content (AvgIpc) is 2.15. The van der Waals surface area contributed by atoms with Gasteiger partial charge in [0.25, 0.3) is 0 Å². The molecule has 14 heavy (non-hydrogen) atoms. The van der Waals surface area contributed by atoms with Crippen molar-refractivity contribution in [3.63, 3.8) is 0 Å². The average molecular weight is 197 g/mol. The van der Waals surface area contributed by atoms with Crippen molar-refractivity contribution in [3.05, 3.63) is 29.1 Å². The van der Waals surface area contributed by atoms with E-state index in [1.807, 2.05) is 13.8 Å². The zero-order valence-corrected chi connectivity index (χ0v) is 8.80. The number of methoxy groups -OCH3 is 1. The standard InChI is InChI=1S/C11H16FNO/c1-7-4-9(12)5-10(8(2)6-13)11(7)14-3/h4-5,8H,6,13H2,1-3H3. The molecule has 1 aromatic rings. The van der Waals surface area contributed by atoms with Crippen molar-refractivity contribution < 1.29 is 9.13 Å². The SMILES string of the molecule is COc1c(C)cc(F)cc1C(C)CN. The summed E-state index contributed by atoms with van der Waals surface area (Å²) in [4.78, 5) is 0. The van der Waals surface area contributed by atoms with Gasteiger partial charge in [-0.1, -0.05) is 6.92 Å². The summed E-state index contributed by atoms with van der Waals surface area (Å²) in [5, 5.41) is 0. The van der Waals surface area contributed by atoms with E-state index < -0.39 is 0 Å². The molecule has 0 bridgehead atoms. The minimum atomic E-state index is -0.237. The minimum Gasteiger partial charge on any atom is -0.496 e. The molecule has 0 aliphatic carbocycles. The van der Waals surface area contributed by atoms with Crippen LogP contribution in [0, 0.1) is 12.7 Å². The fourth-order valence-electron chi connectivity index (χ4n) is 1.53. The van der Waals surface area contributed by atoms with E-state index in [4.69, 9.17) is 10.5 Å². The molecule has 0 heterocycles. The highest BCUT2D eigenvalue weighted by atomic mass is 19.1. The molecule has 78 valence electrons. The highest BCUT2D eigenvalue weighted by Crippen LogP contribution is 2.30. The topological polar surface area (TPSA) is 35.2 Å². The maximum absolute atomic E-state index is 13.1. The number of ether oxygens (including phenoxy) is 1. The number of benzene rings is 1. The molecule has 1 aromatic carbocycles. The fourth-order valence-corrected chi connectivity index (χ4v) is 1.53. The lowest BCUT2D eigenvalue weighted by Crippen LogP contribution is -2.11. The third-order valence-electron chi connectivity index (χ3n) is 2.36. The zero-order chi connectivity index (χ0) is 10.7. The maximum Gasteiger partial charge on any atom is 0.125 e. The van der Waals surface area contributed by atoms with Crippen molar-refractivity contribution in [1.82, 2.24) is 0 Å². The van der Waals surface area contributed by atoms with E-state index in [2.05, 4.69) is 0 Å². The molecule has 0 aliphatic rings. The Kier molecular flexibility index (Phi) is 3.47. The molecule has 0 amide bonds. The lowest BCUT2D eigenvalue weighted by atomic mass is 9.98. The quantitative estimate of drug-likeness (QED) is 0.806. The van der Waals surface area contributed by atoms with Gasteiger partial charge in [-0.05, 0) is 37.1 Å². The van der Waals surface area contributed by atoms with Gasteiger partial charge in [-0.3, -0.25) is 0 Å². The van der Waals surface area contributed by atoms with E-state index in [0.717, 1.165) is 16.9 Å². The molecule has 0 aliphatic heterocycles. The third kappa shape index (κ3) is 2.04. The number of hydrogen-bond acceptors (Lipinski definition) is 2. The normalized spacial score (nSPS) is 12.6. The second kappa shape index (κ2) is 4.42. The molecule has 0 fully saturated rings. The van der Waals surface area contributed by atoms with Crippen LogP contribution in [0.3, 0.4) is 0 Å². The van der Waals surface area contributed by atoms with Gasteiger partial charge in [-0.25, -0.2) is 4.39 Å². The second-order valence-electron chi connectivity index (χ2n) is 3.48. The Morgan fingerprint density at radius 3 is 2.64 bits per heavy atom. The Hall–Kier alpha value is -1.09. The van der Waals surface area contributed by atoms with E-state index in [1.165, 1.54) is 12.1 Å². The van der Waals surface area contributed by atoms with E-state index in [-0.39, 0.29) is 11.7 Å². The van der Waals surface area contributed by atoms with Gasteiger partial charge in [0.05, 0.1) is 7.11 Å². The summed E-state index contributed by atoms with van der Waals surface area (Å²) in [5.74, 6) is 0.613. The molecular weight excluding hydrogens is 181 g/mol. The van der Waals surface area contributed by atoms with Crippen LogP contribution < -0.4 is 10.5 Å². The summed E-state index contributed by atoms with van der Waals surface area (Å²) in [6, 6.07) is 2.95. The predicted octanol–water partition coefficient (Wildman–Crippen LogP) is 2.20. The first kappa shape index (κ1) is 11.0. The molecule has 1 unspecified atom stereocenters. The van der Waals surface area contributed by atoms with E-state index in [1.54, 1.807) is 7.11 Å². The minimum absolute atomic E-state index is 0.111. The zero-order valence-electron chi connectivity index (χ0n) is 8.80. The summed E-state index contributed by atoms with van der Waals surface area (Å²) in [6.07, 6.45) is 0. The fraction of sp³-hybridized carbons (Fsp3) is 0.455. The van der Waals surface area contributed by atoms with Crippen LogP contribution in [0.1, 0.15) is 24.0 Å². The van der Waals surface area contributed by atoms with Gasteiger partial charge in [-0.2, -0.15) is 0 Å². The van der Waals surface area contributed by atoms with Crippen LogP contribution in [-0.4, -0.2) is 13.7 Å². The van der Waals surface area contributed by atoms with E-state index >= 15 is 0 Å². The summed E-state index contributed by atoms with van der Waals surface area (Å²) in [5.41, 5.74) is 7.20. The Bertz CT molecular complexity index is 325. The molecule has 0 spiro atoms. The summed E-state index contributed by atoms with van der Waals surface area (Å²) < 4.78 is 18.4. The van der Waals surface area contributed by atoms with Crippen LogP contribution in [-0.2, 0) is 0 Å². The summed E-state index contributed by atoms with van der Waals surface area (Å²) in [7, 11) is 1.59. The molecule has 2 N–H and O–H groups in total. The molecule has 0 radical (unpaired) electrons. The molecule has 1 atom stereocenters. The molecule has 0 saturated heterocycles. The lowest BCUT2D eigenvalue weighted by Gasteiger charge is -2.16. The van der Waals surface area contributed by atoms with Gasteiger partial charge >= 0.3 is 0 Å². The van der Waals surface area contributed by atoms with Crippen molar-refractivity contribution in [1.29, 1.82) is 0 Å². The van der Waals surface area contributed by atoms with Gasteiger partial charge in [-0.15, -0.1) is 0 Å². The summed E-state index contributed by atoms with van der Waals surface area (Å²) in [6.45, 7) is 4.27. The number of nitrogens with two attached hydrogens (primary N) is 1. The monoisotopic (exact) mass is 197 g/mol. The molecule has 3 heteroatoms. The van der Waals surface area contributed by atoms with Crippen molar-refractivity contribution in [2.24, 2.45) is 5.73 Å². The van der Waals surface area contributed by atoms with Crippen molar-refractivity contribution in [3.8, 4) is 5.75 Å². The second-order valence-corrected chi connectivity index (χ2v) is 3.48. The van der Waals surface area contributed by atoms with Crippen LogP contribution >= 0.6 is 0 Å². The van der Waals surface area contributed by atoms with Crippen molar-refractivity contribution in [2.75, 3.05) is 13.7 Å². The Morgan fingerprint density at radius 1 is 1.50 bits per heavy atom. The van der Waals surface area contributed by atoms with Crippen LogP contribution in [0.4, 0.5) is 4.39 Å². The highest BCUT2D eigenvalue weighted by molar-refractivity contribution is 5.43. The Morgan fingerprint density at radius 2 is 2.14 bits per heavy atom. The van der Waals surface area contributed by atoms with Crippen molar-refractivity contribution in [2.45, 2.75) is 19.8 Å². The van der Waals surface area contributed by atoms with Gasteiger partial charge < -0.3 is 10.5 Å². The first-order chi connectivity index (χ1) is 6.60. The molecular formula is C11H16FNO. The van der Waals surface area contributed by atoms with Gasteiger partial charge in [0.1, 0.15) is 11.6 Å². The smallest absolute Gasteiger partial charge is 0.125 e. The first-order valence-corrected chi connectivity index (χ1v) is 4.64. The van der Waals surface area contributed by atoms with Gasteiger partial charge in [0.15, 0.2) is 0 Å². The largest absolute Gasteiger partial charge is 0.496 e. The summed E-state index contributed by atoms with van der Waals surface area (Å²) >= 11 is 0. The lowest BCUT2D eigenvalue weighted by molar-refractivity contribution is 0.402. The number of rotatable bonds is 3. The molecule has 0 aromatic heterocycles. The Labute approximate surface area is 83.9 Å². The van der Waals surface area contributed by atoms with Crippen LogP contribution in [0.25, 0.3) is 0 Å². The molecule has 2 nitrogen and oxygen atoms in total. The third-order valence-corrected chi connectivity index (χ3v) is 2.36. The van der Waals surface area contributed by atoms with Crippen molar-refractivity contribution >= 4 is 0 Å². The maximum atomic E-state index is 13.1. The number of halogens is 1. The van der Waals surface area contributed by atoms with E-state index in [9.17, 15) is 4.39 Å². The predicted molar refractivity (Wildman–Crippen MR) is 55.2 cm³/mol. The highest BCUT2D eigenvalue weighted by Gasteiger charge is 2.13. The first-order valence-electron chi connectivity index (χ1n) is 4.64. The van der Waals surface area contributed by atoms with Gasteiger partial charge in [0, 0.05) is 5.56 Å². The van der Waals surface area contributed by atoms with Crippen LogP contribution in [0.2, 0.25) is 0 Å². The molecule has 0 saturated carbocycles. The van der Waals surface area contributed by atoms with Crippen LogP contribution in [0.15, 0.2) is 12.1 Å². The number of aryl methyl sites for hydroxylation is 1. The van der Waals surface area contributed by atoms with E-state index in [0.29, 0.717) is 6.54 Å². The molecule has 1 rings (SSSR count). The van der Waals surface area contributed by atoms with Crippen LogP contribution in [0.5, 0.6) is 5.75 Å². The number of hydrogen-bond donors (Lipinski definition) is 1. The Balaban J connectivity index is 3.24.